The van der Waals surface area contributed by atoms with Gasteiger partial charge in [0.15, 0.2) is 5.82 Å². The number of hydrogen-bond acceptors (Lipinski definition) is 6. The number of rotatable bonds is 7. The van der Waals surface area contributed by atoms with Crippen LogP contribution in [0.2, 0.25) is 0 Å². The van der Waals surface area contributed by atoms with Crippen LogP contribution >= 0.6 is 0 Å². The molecule has 6 rings (SSSR count). The number of likely N-dealkylation sites (tertiary alicyclic amines) is 1. The van der Waals surface area contributed by atoms with Crippen LogP contribution in [0.4, 0.5) is 11.4 Å². The second-order valence-electron chi connectivity index (χ2n) is 11.1. The van der Waals surface area contributed by atoms with Crippen molar-refractivity contribution in [1.82, 2.24) is 25.1 Å². The van der Waals surface area contributed by atoms with Crippen LogP contribution < -0.4 is 10.2 Å². The van der Waals surface area contributed by atoms with Crippen molar-refractivity contribution >= 4 is 23.2 Å². The molecule has 2 aromatic carbocycles. The van der Waals surface area contributed by atoms with Crippen LogP contribution in [0.3, 0.4) is 0 Å². The number of anilines is 2. The largest absolute Gasteiger partial charge is 0.371 e. The lowest BCUT2D eigenvalue weighted by molar-refractivity contribution is -0.117. The van der Waals surface area contributed by atoms with Crippen LogP contribution in [0.5, 0.6) is 0 Å². The van der Waals surface area contributed by atoms with Crippen molar-refractivity contribution in [1.29, 1.82) is 0 Å². The molecular formula is C30H37N7O2. The van der Waals surface area contributed by atoms with Gasteiger partial charge in [-0.05, 0) is 79.1 Å². The summed E-state index contributed by atoms with van der Waals surface area (Å²) >= 11 is 0. The molecule has 1 N–H and O–H groups in total. The Hall–Kier alpha value is -3.75. The van der Waals surface area contributed by atoms with Gasteiger partial charge < -0.3 is 15.1 Å². The van der Waals surface area contributed by atoms with E-state index in [-0.39, 0.29) is 23.8 Å². The van der Waals surface area contributed by atoms with Crippen molar-refractivity contribution in [3.05, 3.63) is 65.5 Å². The SMILES string of the molecule is O=C(Nc1ccc(C(=O)N2CCCCC2c2nnnn2Cc2ccccc2)c(N2CCCCCC2)c1)C1CC1. The molecule has 1 saturated carbocycles. The van der Waals surface area contributed by atoms with Crippen LogP contribution in [0.1, 0.15) is 85.6 Å². The number of carbonyl (C=O) groups is 2. The van der Waals surface area contributed by atoms with E-state index in [1.807, 2.05) is 46.0 Å². The van der Waals surface area contributed by atoms with Crippen molar-refractivity contribution in [2.75, 3.05) is 29.9 Å². The van der Waals surface area contributed by atoms with Gasteiger partial charge in [-0.1, -0.05) is 43.2 Å². The van der Waals surface area contributed by atoms with Crippen molar-refractivity contribution in [2.45, 2.75) is 70.4 Å². The molecule has 3 fully saturated rings. The molecule has 1 aromatic heterocycles. The van der Waals surface area contributed by atoms with Crippen molar-refractivity contribution < 1.29 is 9.59 Å². The van der Waals surface area contributed by atoms with E-state index in [9.17, 15) is 9.59 Å². The smallest absolute Gasteiger partial charge is 0.256 e. The average Bonchev–Trinajstić information content (AvgIpc) is 3.77. The zero-order valence-electron chi connectivity index (χ0n) is 22.5. The molecular weight excluding hydrogens is 490 g/mol. The molecule has 2 amide bonds. The summed E-state index contributed by atoms with van der Waals surface area (Å²) < 4.78 is 1.83. The molecule has 1 unspecified atom stereocenters. The maximum atomic E-state index is 14.3. The summed E-state index contributed by atoms with van der Waals surface area (Å²) in [6.45, 7) is 3.07. The first-order chi connectivity index (χ1) is 19.2. The maximum absolute atomic E-state index is 14.3. The molecule has 2 aliphatic heterocycles. The highest BCUT2D eigenvalue weighted by Gasteiger charge is 2.35. The molecule has 204 valence electrons. The molecule has 1 aliphatic carbocycles. The fraction of sp³-hybridized carbons (Fsp3) is 0.500. The summed E-state index contributed by atoms with van der Waals surface area (Å²) in [6, 6.07) is 15.8. The maximum Gasteiger partial charge on any atom is 0.256 e. The second kappa shape index (κ2) is 11.6. The third kappa shape index (κ3) is 5.82. The Morgan fingerprint density at radius 1 is 0.872 bits per heavy atom. The summed E-state index contributed by atoms with van der Waals surface area (Å²) in [5.74, 6) is 0.950. The molecule has 9 heteroatoms. The Morgan fingerprint density at radius 3 is 2.41 bits per heavy atom. The number of aromatic nitrogens is 4. The number of benzene rings is 2. The Balaban J connectivity index is 1.30. The average molecular weight is 528 g/mol. The molecule has 3 aromatic rings. The van der Waals surface area contributed by atoms with Crippen LogP contribution in [0, 0.1) is 5.92 Å². The van der Waals surface area contributed by atoms with E-state index in [0.29, 0.717) is 18.7 Å². The predicted octanol–water partition coefficient (Wildman–Crippen LogP) is 4.82. The Kier molecular flexibility index (Phi) is 7.56. The second-order valence-corrected chi connectivity index (χ2v) is 11.1. The van der Waals surface area contributed by atoms with Gasteiger partial charge in [-0.25, -0.2) is 4.68 Å². The van der Waals surface area contributed by atoms with Gasteiger partial charge in [-0.3, -0.25) is 9.59 Å². The van der Waals surface area contributed by atoms with E-state index in [4.69, 9.17) is 0 Å². The topological polar surface area (TPSA) is 96.2 Å². The highest BCUT2D eigenvalue weighted by molar-refractivity contribution is 6.02. The third-order valence-electron chi connectivity index (χ3n) is 8.19. The Morgan fingerprint density at radius 2 is 1.64 bits per heavy atom. The fourth-order valence-corrected chi connectivity index (χ4v) is 5.87. The Labute approximate surface area is 229 Å². The van der Waals surface area contributed by atoms with E-state index in [0.717, 1.165) is 80.8 Å². The molecule has 1 atom stereocenters. The van der Waals surface area contributed by atoms with Crippen LogP contribution in [0.15, 0.2) is 48.5 Å². The van der Waals surface area contributed by atoms with E-state index >= 15 is 0 Å². The van der Waals surface area contributed by atoms with Crippen molar-refractivity contribution in [3.63, 3.8) is 0 Å². The van der Waals surface area contributed by atoms with Gasteiger partial charge in [0.1, 0.15) is 0 Å². The zero-order valence-corrected chi connectivity index (χ0v) is 22.5. The van der Waals surface area contributed by atoms with E-state index in [1.165, 1.54) is 12.8 Å². The quantitative estimate of drug-likeness (QED) is 0.473. The highest BCUT2D eigenvalue weighted by Crippen LogP contribution is 2.36. The van der Waals surface area contributed by atoms with E-state index < -0.39 is 0 Å². The zero-order chi connectivity index (χ0) is 26.6. The summed E-state index contributed by atoms with van der Waals surface area (Å²) in [7, 11) is 0. The first kappa shape index (κ1) is 25.5. The molecule has 0 spiro atoms. The predicted molar refractivity (Wildman–Crippen MR) is 149 cm³/mol. The lowest BCUT2D eigenvalue weighted by Gasteiger charge is -2.36. The molecule has 0 radical (unpaired) electrons. The molecule has 3 heterocycles. The normalized spacial score (nSPS) is 19.9. The highest BCUT2D eigenvalue weighted by atomic mass is 16.2. The van der Waals surface area contributed by atoms with Gasteiger partial charge in [0.25, 0.3) is 5.91 Å². The monoisotopic (exact) mass is 527 g/mol. The van der Waals surface area contributed by atoms with Crippen LogP contribution in [-0.4, -0.2) is 56.6 Å². The number of carbonyl (C=O) groups excluding carboxylic acids is 2. The number of amides is 2. The fourth-order valence-electron chi connectivity index (χ4n) is 5.87. The molecule has 39 heavy (non-hydrogen) atoms. The van der Waals surface area contributed by atoms with Crippen LogP contribution in [0.25, 0.3) is 0 Å². The van der Waals surface area contributed by atoms with E-state index in [1.54, 1.807) is 0 Å². The summed E-state index contributed by atoms with van der Waals surface area (Å²) in [5, 5.41) is 15.8. The van der Waals surface area contributed by atoms with Gasteiger partial charge in [-0.15, -0.1) is 5.10 Å². The summed E-state index contributed by atoms with van der Waals surface area (Å²) in [4.78, 5) is 31.1. The van der Waals surface area contributed by atoms with Gasteiger partial charge in [0.2, 0.25) is 5.91 Å². The number of nitrogens with zero attached hydrogens (tertiary/aromatic N) is 6. The van der Waals surface area contributed by atoms with Gasteiger partial charge in [0.05, 0.1) is 23.8 Å². The lowest BCUT2D eigenvalue weighted by atomic mass is 9.99. The minimum Gasteiger partial charge on any atom is -0.371 e. The number of hydrogen-bond donors (Lipinski definition) is 1. The molecule has 0 bridgehead atoms. The first-order valence-corrected chi connectivity index (χ1v) is 14.5. The summed E-state index contributed by atoms with van der Waals surface area (Å²) in [6.07, 6.45) is 9.35. The number of nitrogens with one attached hydrogen (secondary N) is 1. The minimum atomic E-state index is -0.184. The van der Waals surface area contributed by atoms with Gasteiger partial charge >= 0.3 is 0 Å². The van der Waals surface area contributed by atoms with Gasteiger partial charge in [0, 0.05) is 31.2 Å². The molecule has 3 aliphatic rings. The number of tetrazole rings is 1. The van der Waals surface area contributed by atoms with E-state index in [2.05, 4.69) is 37.9 Å². The van der Waals surface area contributed by atoms with Crippen LogP contribution in [-0.2, 0) is 11.3 Å². The minimum absolute atomic E-state index is 0.00766. The van der Waals surface area contributed by atoms with Gasteiger partial charge in [-0.2, -0.15) is 0 Å². The summed E-state index contributed by atoms with van der Waals surface area (Å²) in [5.41, 5.74) is 3.50. The third-order valence-corrected chi connectivity index (χ3v) is 8.19. The molecule has 9 nitrogen and oxygen atoms in total. The lowest BCUT2D eigenvalue weighted by Crippen LogP contribution is -2.40. The molecule has 2 saturated heterocycles. The Bertz CT molecular complexity index is 1300. The first-order valence-electron chi connectivity index (χ1n) is 14.5. The van der Waals surface area contributed by atoms with Crippen molar-refractivity contribution in [3.8, 4) is 0 Å². The van der Waals surface area contributed by atoms with Crippen molar-refractivity contribution in [2.24, 2.45) is 5.92 Å². The standard InChI is InChI=1S/C30H37N7O2/c38-29(23-13-14-23)31-24-15-16-25(27(20-24)35-17-7-1-2-8-18-35)30(39)36-19-9-6-12-26(36)28-32-33-34-37(28)21-22-10-4-3-5-11-22/h3-5,10-11,15-16,20,23,26H,1-2,6-9,12-14,17-19,21H2,(H,31,38). The number of piperidine rings is 1.